The van der Waals surface area contributed by atoms with E-state index in [1.165, 1.54) is 7.11 Å². The number of carbonyl (C=O) groups excluding carboxylic acids is 1. The zero-order valence-electron chi connectivity index (χ0n) is 10.4. The van der Waals surface area contributed by atoms with Crippen molar-refractivity contribution in [2.24, 2.45) is 0 Å². The molecule has 0 saturated heterocycles. The van der Waals surface area contributed by atoms with Crippen molar-refractivity contribution in [2.45, 2.75) is 19.8 Å². The van der Waals surface area contributed by atoms with Crippen molar-refractivity contribution in [3.63, 3.8) is 0 Å². The summed E-state index contributed by atoms with van der Waals surface area (Å²) in [5.41, 5.74) is 6.86. The van der Waals surface area contributed by atoms with Gasteiger partial charge in [0, 0.05) is 12.7 Å². The smallest absolute Gasteiger partial charge is 0.188 e. The Balaban J connectivity index is 2.68. The van der Waals surface area contributed by atoms with Crippen LogP contribution in [0.25, 0.3) is 0 Å². The number of benzene rings is 1. The minimum atomic E-state index is -0.0840. The lowest BCUT2D eigenvalue weighted by molar-refractivity contribution is 0.0848. The zero-order chi connectivity index (χ0) is 12.7. The normalized spacial score (nSPS) is 10.2. The molecule has 0 radical (unpaired) electrons. The van der Waals surface area contributed by atoms with E-state index in [9.17, 15) is 4.79 Å². The van der Waals surface area contributed by atoms with Crippen molar-refractivity contribution < 1.29 is 14.3 Å². The second-order valence-corrected chi connectivity index (χ2v) is 3.81. The minimum Gasteiger partial charge on any atom is -0.491 e. The van der Waals surface area contributed by atoms with E-state index < -0.39 is 0 Å². The quantitative estimate of drug-likeness (QED) is 0.449. The Kier molecular flexibility index (Phi) is 5.49. The summed E-state index contributed by atoms with van der Waals surface area (Å²) >= 11 is 0. The predicted molar refractivity (Wildman–Crippen MR) is 67.5 cm³/mol. The van der Waals surface area contributed by atoms with E-state index in [1.54, 1.807) is 18.2 Å². The van der Waals surface area contributed by atoms with Crippen LogP contribution in [0.1, 0.15) is 30.1 Å². The summed E-state index contributed by atoms with van der Waals surface area (Å²) in [4.78, 5) is 11.5. The Morgan fingerprint density at radius 2 is 2.18 bits per heavy atom. The van der Waals surface area contributed by atoms with Crippen molar-refractivity contribution in [3.8, 4) is 5.75 Å². The first-order valence-electron chi connectivity index (χ1n) is 5.73. The number of Topliss-reactive ketones (excluding diaryl/α,β-unsaturated/α-hetero) is 1. The Labute approximate surface area is 102 Å². The highest BCUT2D eigenvalue weighted by Crippen LogP contribution is 2.23. The van der Waals surface area contributed by atoms with Gasteiger partial charge in [-0.05, 0) is 24.6 Å². The van der Waals surface area contributed by atoms with Gasteiger partial charge in [0.2, 0.25) is 0 Å². The summed E-state index contributed by atoms with van der Waals surface area (Å²) in [5.74, 6) is 0.548. The van der Waals surface area contributed by atoms with Gasteiger partial charge in [0.1, 0.15) is 12.4 Å². The van der Waals surface area contributed by atoms with Crippen molar-refractivity contribution in [3.05, 3.63) is 23.8 Å². The van der Waals surface area contributed by atoms with Gasteiger partial charge in [-0.3, -0.25) is 4.79 Å². The molecular weight excluding hydrogens is 218 g/mol. The van der Waals surface area contributed by atoms with Gasteiger partial charge in [-0.1, -0.05) is 13.3 Å². The number of nitrogens with two attached hydrogens (primary N) is 1. The topological polar surface area (TPSA) is 61.5 Å². The number of ether oxygens (including phenoxy) is 2. The van der Waals surface area contributed by atoms with Crippen LogP contribution >= 0.6 is 0 Å². The fourth-order valence-electron chi connectivity index (χ4n) is 1.39. The van der Waals surface area contributed by atoms with Gasteiger partial charge in [0.25, 0.3) is 0 Å². The molecule has 0 aliphatic heterocycles. The average molecular weight is 237 g/mol. The zero-order valence-corrected chi connectivity index (χ0v) is 10.4. The molecule has 2 N–H and O–H groups in total. The van der Waals surface area contributed by atoms with Gasteiger partial charge in [-0.2, -0.15) is 0 Å². The molecule has 1 aromatic rings. The number of carbonyl (C=O) groups is 1. The predicted octanol–water partition coefficient (Wildman–Crippen LogP) is 2.28. The van der Waals surface area contributed by atoms with Crippen LogP contribution in [0.2, 0.25) is 0 Å². The van der Waals surface area contributed by atoms with Gasteiger partial charge >= 0.3 is 0 Å². The number of ketones is 1. The molecule has 0 heterocycles. The molecule has 17 heavy (non-hydrogen) atoms. The molecule has 0 aromatic heterocycles. The molecule has 0 aliphatic rings. The molecule has 0 aliphatic carbocycles. The van der Waals surface area contributed by atoms with Crippen LogP contribution in [0.15, 0.2) is 18.2 Å². The lowest BCUT2D eigenvalue weighted by atomic mass is 10.1. The Bertz CT molecular complexity index is 377. The minimum absolute atomic E-state index is 0.0650. The molecule has 1 rings (SSSR count). The van der Waals surface area contributed by atoms with E-state index >= 15 is 0 Å². The largest absolute Gasteiger partial charge is 0.491 e. The van der Waals surface area contributed by atoms with Crippen molar-refractivity contribution >= 4 is 11.5 Å². The molecule has 0 unspecified atom stereocenters. The van der Waals surface area contributed by atoms with E-state index in [2.05, 4.69) is 6.92 Å². The molecule has 0 bridgehead atoms. The number of hydrogen-bond donors (Lipinski definition) is 1. The highest BCUT2D eigenvalue weighted by Gasteiger charge is 2.08. The van der Waals surface area contributed by atoms with Gasteiger partial charge < -0.3 is 15.2 Å². The first-order chi connectivity index (χ1) is 8.19. The summed E-state index contributed by atoms with van der Waals surface area (Å²) in [5, 5.41) is 0. The maximum atomic E-state index is 11.5. The molecule has 4 heteroatoms. The summed E-state index contributed by atoms with van der Waals surface area (Å²) in [6, 6.07) is 5.06. The molecule has 1 aromatic carbocycles. The second kappa shape index (κ2) is 6.91. The number of rotatable bonds is 7. The first kappa shape index (κ1) is 13.5. The van der Waals surface area contributed by atoms with Gasteiger partial charge in [-0.15, -0.1) is 0 Å². The molecule has 0 atom stereocenters. The third kappa shape index (κ3) is 4.07. The molecular formula is C13H19NO3. The molecule has 0 spiro atoms. The summed E-state index contributed by atoms with van der Waals surface area (Å²) < 4.78 is 10.3. The molecule has 0 amide bonds. The monoisotopic (exact) mass is 237 g/mol. The van der Waals surface area contributed by atoms with E-state index in [1.807, 2.05) is 0 Å². The molecule has 4 nitrogen and oxygen atoms in total. The van der Waals surface area contributed by atoms with Crippen LogP contribution in [0.4, 0.5) is 5.69 Å². The van der Waals surface area contributed by atoms with Gasteiger partial charge in [-0.25, -0.2) is 0 Å². The van der Waals surface area contributed by atoms with Crippen LogP contribution < -0.4 is 10.5 Å². The van der Waals surface area contributed by atoms with Gasteiger partial charge in [0.15, 0.2) is 5.78 Å². The molecule has 0 fully saturated rings. The fourth-order valence-corrected chi connectivity index (χ4v) is 1.39. The van der Waals surface area contributed by atoms with Crippen LogP contribution in [-0.2, 0) is 4.74 Å². The maximum Gasteiger partial charge on any atom is 0.188 e. The lowest BCUT2D eigenvalue weighted by Crippen LogP contribution is -2.08. The number of hydrogen-bond acceptors (Lipinski definition) is 4. The maximum absolute atomic E-state index is 11.5. The summed E-state index contributed by atoms with van der Waals surface area (Å²) in [6.45, 7) is 2.81. The second-order valence-electron chi connectivity index (χ2n) is 3.81. The first-order valence-corrected chi connectivity index (χ1v) is 5.73. The number of methoxy groups -OCH3 is 1. The SMILES string of the molecule is CCCCOc1ccc(C(=O)COC)cc1N. The van der Waals surface area contributed by atoms with E-state index in [4.69, 9.17) is 15.2 Å². The highest BCUT2D eigenvalue weighted by molar-refractivity contribution is 5.98. The average Bonchev–Trinajstić information content (AvgIpc) is 2.31. The number of nitrogen functional groups attached to an aromatic ring is 1. The Hall–Kier alpha value is -1.55. The number of anilines is 1. The standard InChI is InChI=1S/C13H19NO3/c1-3-4-7-17-13-6-5-10(8-11(13)14)12(15)9-16-2/h5-6,8H,3-4,7,9,14H2,1-2H3. The van der Waals surface area contributed by atoms with Crippen molar-refractivity contribution in [1.82, 2.24) is 0 Å². The third-order valence-corrected chi connectivity index (χ3v) is 2.36. The third-order valence-electron chi connectivity index (χ3n) is 2.36. The van der Waals surface area contributed by atoms with Crippen LogP contribution in [-0.4, -0.2) is 26.1 Å². The van der Waals surface area contributed by atoms with Crippen LogP contribution in [0, 0.1) is 0 Å². The highest BCUT2D eigenvalue weighted by atomic mass is 16.5. The Morgan fingerprint density at radius 1 is 1.41 bits per heavy atom. The Morgan fingerprint density at radius 3 is 2.76 bits per heavy atom. The van der Waals surface area contributed by atoms with Crippen molar-refractivity contribution in [2.75, 3.05) is 26.1 Å². The summed E-state index contributed by atoms with van der Waals surface area (Å²) in [7, 11) is 1.49. The molecule has 94 valence electrons. The van der Waals surface area contributed by atoms with Crippen LogP contribution in [0.5, 0.6) is 5.75 Å². The van der Waals surface area contributed by atoms with Gasteiger partial charge in [0.05, 0.1) is 12.3 Å². The molecule has 0 saturated carbocycles. The summed E-state index contributed by atoms with van der Waals surface area (Å²) in [6.07, 6.45) is 2.06. The number of unbranched alkanes of at least 4 members (excludes halogenated alkanes) is 1. The van der Waals surface area contributed by atoms with E-state index in [0.29, 0.717) is 23.6 Å². The lowest BCUT2D eigenvalue weighted by Gasteiger charge is -2.09. The van der Waals surface area contributed by atoms with E-state index in [0.717, 1.165) is 12.8 Å². The van der Waals surface area contributed by atoms with Crippen LogP contribution in [0.3, 0.4) is 0 Å². The van der Waals surface area contributed by atoms with E-state index in [-0.39, 0.29) is 12.4 Å². The fraction of sp³-hybridized carbons (Fsp3) is 0.462. The van der Waals surface area contributed by atoms with Crippen molar-refractivity contribution in [1.29, 1.82) is 0 Å².